The number of esters is 1. The minimum atomic E-state index is -0.649. The fraction of sp³-hybridized carbons (Fsp3) is 0.0909. The van der Waals surface area contributed by atoms with Gasteiger partial charge in [0.25, 0.3) is 0 Å². The summed E-state index contributed by atoms with van der Waals surface area (Å²) in [5.74, 6) is -1.28. The topological polar surface area (TPSA) is 39.2 Å². The summed E-state index contributed by atoms with van der Waals surface area (Å²) in [4.78, 5) is 15.2. The third-order valence-electron chi connectivity index (χ3n) is 1.93. The molecule has 0 amide bonds. The summed E-state index contributed by atoms with van der Waals surface area (Å²) in [6, 6.07) is 4.41. The molecule has 2 rings (SSSR count). The first-order chi connectivity index (χ1) is 7.66. The second-order valence-electron chi connectivity index (χ2n) is 3.20. The third kappa shape index (κ3) is 2.25. The molecule has 1 heterocycles. The number of aromatic nitrogens is 1. The molecule has 1 aromatic heterocycles. The number of ether oxygens (including phenoxy) is 1. The molecule has 0 fully saturated rings. The number of aryl methyl sites for hydroxylation is 1. The maximum Gasteiger partial charge on any atom is 0.363 e. The molecular formula is C11H8FNO2S. The number of halogens is 1. The Morgan fingerprint density at radius 2 is 2.31 bits per heavy atom. The van der Waals surface area contributed by atoms with Crippen molar-refractivity contribution in [3.05, 3.63) is 46.2 Å². The van der Waals surface area contributed by atoms with E-state index in [0.29, 0.717) is 0 Å². The minimum absolute atomic E-state index is 0.0800. The van der Waals surface area contributed by atoms with Gasteiger partial charge in [-0.3, -0.25) is 0 Å². The van der Waals surface area contributed by atoms with Gasteiger partial charge >= 0.3 is 5.97 Å². The molecule has 5 heteroatoms. The van der Waals surface area contributed by atoms with Gasteiger partial charge in [-0.1, -0.05) is 6.07 Å². The Balaban J connectivity index is 2.18. The minimum Gasteiger partial charge on any atom is -0.419 e. The van der Waals surface area contributed by atoms with Crippen LogP contribution >= 0.6 is 11.3 Å². The van der Waals surface area contributed by atoms with Crippen LogP contribution in [0.4, 0.5) is 4.39 Å². The Morgan fingerprint density at radius 1 is 1.50 bits per heavy atom. The van der Waals surface area contributed by atoms with Gasteiger partial charge in [-0.2, -0.15) is 0 Å². The van der Waals surface area contributed by atoms with Gasteiger partial charge in [0, 0.05) is 5.38 Å². The lowest BCUT2D eigenvalue weighted by molar-refractivity contribution is 0.0722. The van der Waals surface area contributed by atoms with Gasteiger partial charge in [-0.15, -0.1) is 11.3 Å². The molecule has 0 saturated heterocycles. The molecule has 2 aromatic rings. The lowest BCUT2D eigenvalue weighted by atomic mass is 10.2. The fourth-order valence-electron chi connectivity index (χ4n) is 1.15. The standard InChI is InChI=1S/C11H8FNO2S/c1-7-2-3-10(8(12)4-7)15-11(14)9-5-16-6-13-9/h2-6H,1H3. The monoisotopic (exact) mass is 237 g/mol. The van der Waals surface area contributed by atoms with Crippen molar-refractivity contribution in [2.45, 2.75) is 6.92 Å². The molecule has 16 heavy (non-hydrogen) atoms. The molecule has 0 bridgehead atoms. The van der Waals surface area contributed by atoms with E-state index in [0.717, 1.165) is 5.56 Å². The van der Waals surface area contributed by atoms with Crippen molar-refractivity contribution in [3.63, 3.8) is 0 Å². The summed E-state index contributed by atoms with van der Waals surface area (Å²) >= 11 is 1.28. The first-order valence-electron chi connectivity index (χ1n) is 4.53. The Kier molecular flexibility index (Phi) is 2.96. The highest BCUT2D eigenvalue weighted by Crippen LogP contribution is 2.19. The van der Waals surface area contributed by atoms with Gasteiger partial charge in [0.15, 0.2) is 17.3 Å². The number of benzene rings is 1. The molecule has 0 N–H and O–H groups in total. The number of nitrogens with zero attached hydrogens (tertiary/aromatic N) is 1. The fourth-order valence-corrected chi connectivity index (χ4v) is 1.68. The first kappa shape index (κ1) is 10.8. The van der Waals surface area contributed by atoms with Crippen molar-refractivity contribution in [1.82, 2.24) is 4.98 Å². The number of thiazole rings is 1. The Morgan fingerprint density at radius 3 is 2.94 bits per heavy atom. The second kappa shape index (κ2) is 4.40. The predicted octanol–water partition coefficient (Wildman–Crippen LogP) is 2.81. The van der Waals surface area contributed by atoms with Crippen LogP contribution in [0.5, 0.6) is 5.75 Å². The van der Waals surface area contributed by atoms with Crippen LogP contribution in [-0.4, -0.2) is 11.0 Å². The highest BCUT2D eigenvalue weighted by molar-refractivity contribution is 7.07. The first-order valence-corrected chi connectivity index (χ1v) is 5.47. The number of carbonyl (C=O) groups is 1. The number of rotatable bonds is 2. The van der Waals surface area contributed by atoms with E-state index in [1.54, 1.807) is 18.4 Å². The van der Waals surface area contributed by atoms with Gasteiger partial charge in [-0.25, -0.2) is 14.2 Å². The molecule has 0 aliphatic carbocycles. The van der Waals surface area contributed by atoms with Crippen LogP contribution in [0.25, 0.3) is 0 Å². The normalized spacial score (nSPS) is 10.1. The van der Waals surface area contributed by atoms with E-state index in [4.69, 9.17) is 4.74 Å². The summed E-state index contributed by atoms with van der Waals surface area (Å²) in [6.45, 7) is 1.76. The summed E-state index contributed by atoms with van der Waals surface area (Å²) in [5.41, 5.74) is 2.47. The van der Waals surface area contributed by atoms with Gasteiger partial charge < -0.3 is 4.74 Å². The Bertz CT molecular complexity index is 511. The molecule has 3 nitrogen and oxygen atoms in total. The molecular weight excluding hydrogens is 229 g/mol. The van der Waals surface area contributed by atoms with Crippen molar-refractivity contribution < 1.29 is 13.9 Å². The van der Waals surface area contributed by atoms with E-state index in [-0.39, 0.29) is 11.4 Å². The molecule has 0 unspecified atom stereocenters. The van der Waals surface area contributed by atoms with Crippen LogP contribution in [0.15, 0.2) is 29.1 Å². The SMILES string of the molecule is Cc1ccc(OC(=O)c2cscn2)c(F)c1. The number of hydrogen-bond acceptors (Lipinski definition) is 4. The van der Waals surface area contributed by atoms with Crippen LogP contribution in [0.1, 0.15) is 16.1 Å². The van der Waals surface area contributed by atoms with Crippen LogP contribution in [0, 0.1) is 12.7 Å². The summed E-state index contributed by atoms with van der Waals surface area (Å²) < 4.78 is 18.2. The van der Waals surface area contributed by atoms with E-state index in [2.05, 4.69) is 4.98 Å². The molecule has 1 aromatic carbocycles. The van der Waals surface area contributed by atoms with Gasteiger partial charge in [-0.05, 0) is 24.6 Å². The van der Waals surface area contributed by atoms with E-state index in [1.165, 1.54) is 29.0 Å². The average Bonchev–Trinajstić information content (AvgIpc) is 2.75. The summed E-state index contributed by atoms with van der Waals surface area (Å²) in [7, 11) is 0. The lowest BCUT2D eigenvalue weighted by Gasteiger charge is -2.03. The molecule has 0 saturated carbocycles. The van der Waals surface area contributed by atoms with E-state index >= 15 is 0 Å². The number of hydrogen-bond donors (Lipinski definition) is 0. The smallest absolute Gasteiger partial charge is 0.363 e. The zero-order valence-corrected chi connectivity index (χ0v) is 9.25. The van der Waals surface area contributed by atoms with Crippen molar-refractivity contribution in [2.24, 2.45) is 0 Å². The maximum absolute atomic E-state index is 13.4. The molecule has 0 aliphatic heterocycles. The molecule has 0 aliphatic rings. The second-order valence-corrected chi connectivity index (χ2v) is 3.92. The summed E-state index contributed by atoms with van der Waals surface area (Å²) in [5, 5.41) is 1.55. The maximum atomic E-state index is 13.4. The van der Waals surface area contributed by atoms with E-state index < -0.39 is 11.8 Å². The van der Waals surface area contributed by atoms with Crippen LogP contribution in [0.2, 0.25) is 0 Å². The van der Waals surface area contributed by atoms with E-state index in [1.807, 2.05) is 0 Å². The van der Waals surface area contributed by atoms with Crippen LogP contribution in [0.3, 0.4) is 0 Å². The molecule has 82 valence electrons. The predicted molar refractivity (Wildman–Crippen MR) is 58.2 cm³/mol. The average molecular weight is 237 g/mol. The van der Waals surface area contributed by atoms with Crippen molar-refractivity contribution in [1.29, 1.82) is 0 Å². The molecule has 0 radical (unpaired) electrons. The third-order valence-corrected chi connectivity index (χ3v) is 2.52. The summed E-state index contributed by atoms with van der Waals surface area (Å²) in [6.07, 6.45) is 0. The Labute approximate surface area is 95.5 Å². The van der Waals surface area contributed by atoms with Crippen LogP contribution < -0.4 is 4.74 Å². The Hall–Kier alpha value is -1.75. The van der Waals surface area contributed by atoms with Crippen molar-refractivity contribution >= 4 is 17.3 Å². The zero-order valence-electron chi connectivity index (χ0n) is 8.44. The van der Waals surface area contributed by atoms with Crippen LogP contribution in [-0.2, 0) is 0 Å². The lowest BCUT2D eigenvalue weighted by Crippen LogP contribution is -2.09. The van der Waals surface area contributed by atoms with Gasteiger partial charge in [0.2, 0.25) is 0 Å². The van der Waals surface area contributed by atoms with Crippen molar-refractivity contribution in [3.8, 4) is 5.75 Å². The highest BCUT2D eigenvalue weighted by Gasteiger charge is 2.13. The zero-order chi connectivity index (χ0) is 11.5. The molecule has 0 spiro atoms. The largest absolute Gasteiger partial charge is 0.419 e. The van der Waals surface area contributed by atoms with E-state index in [9.17, 15) is 9.18 Å². The van der Waals surface area contributed by atoms with Gasteiger partial charge in [0.1, 0.15) is 0 Å². The number of carbonyl (C=O) groups excluding carboxylic acids is 1. The quantitative estimate of drug-likeness (QED) is 0.595. The van der Waals surface area contributed by atoms with Gasteiger partial charge in [0.05, 0.1) is 5.51 Å². The van der Waals surface area contributed by atoms with Crippen molar-refractivity contribution in [2.75, 3.05) is 0 Å². The molecule has 0 atom stereocenters. The highest BCUT2D eigenvalue weighted by atomic mass is 32.1.